The average molecular weight is 373 g/mol. The van der Waals surface area contributed by atoms with E-state index in [0.29, 0.717) is 37.9 Å². The first-order chi connectivity index (χ1) is 13.2. The number of ether oxygens (including phenoxy) is 1. The smallest absolute Gasteiger partial charge is 0.226 e. The van der Waals surface area contributed by atoms with E-state index in [1.54, 1.807) is 0 Å². The van der Waals surface area contributed by atoms with Gasteiger partial charge in [0.25, 0.3) is 0 Å². The van der Waals surface area contributed by atoms with E-state index in [1.807, 2.05) is 35.2 Å². The molecule has 0 saturated carbocycles. The van der Waals surface area contributed by atoms with E-state index in [4.69, 9.17) is 4.74 Å². The second-order valence-electron chi connectivity index (χ2n) is 8.40. The van der Waals surface area contributed by atoms with Gasteiger partial charge in [-0.25, -0.2) is 0 Å². The average Bonchev–Trinajstić information content (AvgIpc) is 2.75. The number of carbonyl (C=O) groups is 1. The molecule has 0 aromatic heterocycles. The lowest BCUT2D eigenvalue weighted by Gasteiger charge is -2.43. The number of hydrogen-bond acceptors (Lipinski definition) is 4. The summed E-state index contributed by atoms with van der Waals surface area (Å²) in [6.07, 6.45) is 5.54. The first-order valence-electron chi connectivity index (χ1n) is 10.5. The van der Waals surface area contributed by atoms with E-state index < -0.39 is 5.60 Å². The third kappa shape index (κ3) is 4.20. The van der Waals surface area contributed by atoms with Crippen molar-refractivity contribution in [3.8, 4) is 0 Å². The second-order valence-corrected chi connectivity index (χ2v) is 8.40. The van der Waals surface area contributed by atoms with Gasteiger partial charge in [0.15, 0.2) is 0 Å². The van der Waals surface area contributed by atoms with Crippen LogP contribution in [-0.4, -0.2) is 66.2 Å². The molecule has 0 aliphatic carbocycles. The van der Waals surface area contributed by atoms with Gasteiger partial charge in [-0.05, 0) is 50.6 Å². The van der Waals surface area contributed by atoms with Crippen LogP contribution in [0.3, 0.4) is 0 Å². The second kappa shape index (κ2) is 8.29. The Labute approximate surface area is 162 Å². The lowest BCUT2D eigenvalue weighted by atomic mass is 9.84. The zero-order valence-electron chi connectivity index (χ0n) is 16.2. The van der Waals surface area contributed by atoms with Crippen LogP contribution in [0.25, 0.3) is 0 Å². The highest BCUT2D eigenvalue weighted by Crippen LogP contribution is 2.34. The number of rotatable bonds is 3. The minimum atomic E-state index is -0.793. The van der Waals surface area contributed by atoms with Crippen LogP contribution in [0.5, 0.6) is 0 Å². The van der Waals surface area contributed by atoms with E-state index in [9.17, 15) is 9.90 Å². The van der Waals surface area contributed by atoms with Crippen LogP contribution in [0.4, 0.5) is 0 Å². The summed E-state index contributed by atoms with van der Waals surface area (Å²) in [4.78, 5) is 17.6. The monoisotopic (exact) mass is 372 g/mol. The normalized spacial score (nSPS) is 27.4. The molecular weight excluding hydrogens is 340 g/mol. The van der Waals surface area contributed by atoms with E-state index in [1.165, 1.54) is 0 Å². The maximum Gasteiger partial charge on any atom is 0.226 e. The third-order valence-corrected chi connectivity index (χ3v) is 6.72. The fourth-order valence-electron chi connectivity index (χ4n) is 4.98. The summed E-state index contributed by atoms with van der Waals surface area (Å²) in [5.41, 5.74) is 0.180. The summed E-state index contributed by atoms with van der Waals surface area (Å²) in [5, 5.41) is 11.0. The standard InChI is InChI=1S/C22H32N2O3/c25-21(18-5-4-12-24(17-18)20-8-15-27-16-9-20)23-13-10-22(26,11-14-23)19-6-2-1-3-7-19/h1-3,6-7,18,20,26H,4-5,8-17H2/t18-/m0/s1. The van der Waals surface area contributed by atoms with Crippen LogP contribution in [0.1, 0.15) is 44.1 Å². The van der Waals surface area contributed by atoms with E-state index in [-0.39, 0.29) is 5.92 Å². The Morgan fingerprint density at radius 3 is 2.44 bits per heavy atom. The minimum Gasteiger partial charge on any atom is -0.385 e. The molecule has 1 N–H and O–H groups in total. The van der Waals surface area contributed by atoms with Gasteiger partial charge in [0.2, 0.25) is 5.91 Å². The Balaban J connectivity index is 1.33. The highest BCUT2D eigenvalue weighted by molar-refractivity contribution is 5.79. The quantitative estimate of drug-likeness (QED) is 0.885. The summed E-state index contributed by atoms with van der Waals surface area (Å²) >= 11 is 0. The van der Waals surface area contributed by atoms with Gasteiger partial charge in [-0.2, -0.15) is 0 Å². The molecule has 4 rings (SSSR count). The van der Waals surface area contributed by atoms with Crippen LogP contribution < -0.4 is 0 Å². The number of benzene rings is 1. The summed E-state index contributed by atoms with van der Waals surface area (Å²) in [5.74, 6) is 0.409. The predicted molar refractivity (Wildman–Crippen MR) is 104 cm³/mol. The van der Waals surface area contributed by atoms with E-state index >= 15 is 0 Å². The first kappa shape index (κ1) is 18.9. The summed E-state index contributed by atoms with van der Waals surface area (Å²) < 4.78 is 5.49. The number of carbonyl (C=O) groups excluding carboxylic acids is 1. The van der Waals surface area contributed by atoms with Gasteiger partial charge < -0.3 is 14.7 Å². The highest BCUT2D eigenvalue weighted by Gasteiger charge is 2.38. The SMILES string of the molecule is O=C([C@H]1CCCN(C2CCOCC2)C1)N1CCC(O)(c2ccccc2)CC1. The molecule has 1 atom stereocenters. The third-order valence-electron chi connectivity index (χ3n) is 6.72. The molecule has 0 spiro atoms. The molecule has 0 bridgehead atoms. The van der Waals surface area contributed by atoms with Gasteiger partial charge in [-0.3, -0.25) is 9.69 Å². The maximum absolute atomic E-state index is 13.1. The number of aliphatic hydroxyl groups is 1. The Hall–Kier alpha value is -1.43. The molecular formula is C22H32N2O3. The van der Waals surface area contributed by atoms with Crippen LogP contribution in [0.15, 0.2) is 30.3 Å². The Morgan fingerprint density at radius 1 is 1.04 bits per heavy atom. The molecule has 1 aromatic carbocycles. The molecule has 3 aliphatic heterocycles. The van der Waals surface area contributed by atoms with Crippen LogP contribution in [0.2, 0.25) is 0 Å². The van der Waals surface area contributed by atoms with Crippen molar-refractivity contribution in [2.45, 2.75) is 50.2 Å². The molecule has 0 radical (unpaired) electrons. The van der Waals surface area contributed by atoms with Crippen LogP contribution in [-0.2, 0) is 15.1 Å². The molecule has 5 heteroatoms. The fourth-order valence-corrected chi connectivity index (χ4v) is 4.98. The molecule has 3 fully saturated rings. The number of nitrogens with zero attached hydrogens (tertiary/aromatic N) is 2. The number of amides is 1. The maximum atomic E-state index is 13.1. The largest absolute Gasteiger partial charge is 0.385 e. The highest BCUT2D eigenvalue weighted by atomic mass is 16.5. The Kier molecular flexibility index (Phi) is 5.81. The topological polar surface area (TPSA) is 53.0 Å². The van der Waals surface area contributed by atoms with Crippen molar-refractivity contribution in [2.75, 3.05) is 39.4 Å². The van der Waals surface area contributed by atoms with Gasteiger partial charge >= 0.3 is 0 Å². The fraction of sp³-hybridized carbons (Fsp3) is 0.682. The molecule has 1 amide bonds. The first-order valence-corrected chi connectivity index (χ1v) is 10.5. The minimum absolute atomic E-state index is 0.115. The van der Waals surface area contributed by atoms with Gasteiger partial charge in [0, 0.05) is 38.9 Å². The zero-order chi connectivity index (χ0) is 18.7. The lowest BCUT2D eigenvalue weighted by molar-refractivity contribution is -0.142. The van der Waals surface area contributed by atoms with E-state index in [0.717, 1.165) is 57.6 Å². The summed E-state index contributed by atoms with van der Waals surface area (Å²) in [7, 11) is 0. The molecule has 27 heavy (non-hydrogen) atoms. The van der Waals surface area contributed by atoms with E-state index in [2.05, 4.69) is 4.90 Å². The van der Waals surface area contributed by atoms with Crippen molar-refractivity contribution in [3.05, 3.63) is 35.9 Å². The molecule has 148 valence electrons. The molecule has 0 unspecified atom stereocenters. The van der Waals surface area contributed by atoms with Crippen molar-refractivity contribution in [3.63, 3.8) is 0 Å². The zero-order valence-corrected chi connectivity index (χ0v) is 16.2. The lowest BCUT2D eigenvalue weighted by Crippen LogP contribution is -2.52. The summed E-state index contributed by atoms with van der Waals surface area (Å²) in [6.45, 7) is 5.01. The number of likely N-dealkylation sites (tertiary alicyclic amines) is 2. The molecule has 3 aliphatic rings. The van der Waals surface area contributed by atoms with Gasteiger partial charge in [-0.15, -0.1) is 0 Å². The van der Waals surface area contributed by atoms with Crippen molar-refractivity contribution >= 4 is 5.91 Å². The van der Waals surface area contributed by atoms with Gasteiger partial charge in [0.05, 0.1) is 11.5 Å². The predicted octanol–water partition coefficient (Wildman–Crippen LogP) is 2.39. The van der Waals surface area contributed by atoms with Crippen molar-refractivity contribution < 1.29 is 14.6 Å². The molecule has 3 heterocycles. The van der Waals surface area contributed by atoms with Crippen molar-refractivity contribution in [2.24, 2.45) is 5.92 Å². The Bertz CT molecular complexity index is 622. The molecule has 3 saturated heterocycles. The van der Waals surface area contributed by atoms with Crippen molar-refractivity contribution in [1.82, 2.24) is 9.80 Å². The van der Waals surface area contributed by atoms with Gasteiger partial charge in [0.1, 0.15) is 0 Å². The number of hydrogen-bond donors (Lipinski definition) is 1. The van der Waals surface area contributed by atoms with Crippen LogP contribution >= 0.6 is 0 Å². The molecule has 5 nitrogen and oxygen atoms in total. The summed E-state index contributed by atoms with van der Waals surface area (Å²) in [6, 6.07) is 10.5. The van der Waals surface area contributed by atoms with Gasteiger partial charge in [-0.1, -0.05) is 30.3 Å². The number of piperidine rings is 2. The molecule has 1 aromatic rings. The van der Waals surface area contributed by atoms with Crippen LogP contribution in [0, 0.1) is 5.92 Å². The van der Waals surface area contributed by atoms with Crippen molar-refractivity contribution in [1.29, 1.82) is 0 Å². The Morgan fingerprint density at radius 2 is 1.74 bits per heavy atom.